The maximum absolute atomic E-state index is 4.74. The molecule has 0 radical (unpaired) electrons. The normalized spacial score (nSPS) is 15.6. The van der Waals surface area contributed by atoms with Crippen LogP contribution in [0.15, 0.2) is 41.1 Å². The Balaban J connectivity index is 1.48. The molecule has 0 atom stereocenters. The number of rotatable bonds is 3. The van der Waals surface area contributed by atoms with Gasteiger partial charge in [0.2, 0.25) is 5.95 Å². The molecule has 6 heteroatoms. The smallest absolute Gasteiger partial charge is 0.206 e. The summed E-state index contributed by atoms with van der Waals surface area (Å²) >= 11 is 3.43. The zero-order valence-electron chi connectivity index (χ0n) is 11.8. The summed E-state index contributed by atoms with van der Waals surface area (Å²) in [6.07, 6.45) is 3.86. The number of fused-ring (bicyclic) bond motifs is 1. The molecule has 0 saturated carbocycles. The molecule has 3 heterocycles. The van der Waals surface area contributed by atoms with Crippen LogP contribution in [0, 0.1) is 5.92 Å². The van der Waals surface area contributed by atoms with Crippen LogP contribution in [-0.4, -0.2) is 32.4 Å². The van der Waals surface area contributed by atoms with Gasteiger partial charge in [-0.15, -0.1) is 0 Å². The molecule has 2 aromatic heterocycles. The van der Waals surface area contributed by atoms with Gasteiger partial charge in [-0.1, -0.05) is 12.1 Å². The third-order valence-electron chi connectivity index (χ3n) is 4.05. The lowest BCUT2D eigenvalue weighted by atomic mass is 10.0. The second kappa shape index (κ2) is 4.87. The van der Waals surface area contributed by atoms with E-state index in [9.17, 15) is 0 Å². The van der Waals surface area contributed by atoms with Crippen LogP contribution in [0.25, 0.3) is 11.0 Å². The van der Waals surface area contributed by atoms with Crippen molar-refractivity contribution in [2.45, 2.75) is 6.54 Å². The van der Waals surface area contributed by atoms with E-state index in [0.29, 0.717) is 5.92 Å². The number of benzene rings is 1. The van der Waals surface area contributed by atoms with Crippen LogP contribution in [-0.2, 0) is 13.6 Å². The minimum Gasteiger partial charge on any atom is -0.341 e. The summed E-state index contributed by atoms with van der Waals surface area (Å²) < 4.78 is 5.21. The number of imidazole rings is 1. The van der Waals surface area contributed by atoms with E-state index >= 15 is 0 Å². The summed E-state index contributed by atoms with van der Waals surface area (Å²) in [4.78, 5) is 7.08. The molecule has 0 spiro atoms. The topological polar surface area (TPSA) is 38.9 Å². The van der Waals surface area contributed by atoms with Gasteiger partial charge in [0.05, 0.1) is 21.7 Å². The van der Waals surface area contributed by atoms with Crippen molar-refractivity contribution in [3.8, 4) is 0 Å². The minimum absolute atomic E-state index is 0.636. The lowest BCUT2D eigenvalue weighted by Gasteiger charge is -2.39. The van der Waals surface area contributed by atoms with Crippen molar-refractivity contribution in [3.05, 3.63) is 41.1 Å². The lowest BCUT2D eigenvalue weighted by Crippen LogP contribution is -2.49. The van der Waals surface area contributed by atoms with E-state index in [-0.39, 0.29) is 0 Å². The molecular weight excluding hydrogens is 330 g/mol. The van der Waals surface area contributed by atoms with Crippen LogP contribution in [0.3, 0.4) is 0 Å². The number of aryl methyl sites for hydroxylation is 1. The Kier molecular flexibility index (Phi) is 2.99. The van der Waals surface area contributed by atoms with Crippen molar-refractivity contribution in [1.82, 2.24) is 19.3 Å². The Labute approximate surface area is 131 Å². The maximum Gasteiger partial charge on any atom is 0.206 e. The van der Waals surface area contributed by atoms with E-state index in [1.54, 1.807) is 0 Å². The standard InChI is InChI=1S/C15H16BrN5/c1-19-14-5-3-2-4-13(14)18-15(19)20-7-11(8-20)9-21-10-12(16)6-17-21/h2-6,10-11H,7-9H2,1H3. The van der Waals surface area contributed by atoms with Crippen molar-refractivity contribution in [2.24, 2.45) is 13.0 Å². The highest BCUT2D eigenvalue weighted by Crippen LogP contribution is 2.27. The first-order valence-corrected chi connectivity index (χ1v) is 7.84. The molecule has 3 aromatic rings. The fraction of sp³-hybridized carbons (Fsp3) is 0.333. The average Bonchev–Trinajstić information content (AvgIpc) is 2.99. The van der Waals surface area contributed by atoms with Gasteiger partial charge in [-0.3, -0.25) is 4.68 Å². The fourth-order valence-electron chi connectivity index (χ4n) is 2.97. The van der Waals surface area contributed by atoms with Crippen LogP contribution in [0.2, 0.25) is 0 Å². The molecule has 108 valence electrons. The van der Waals surface area contributed by atoms with Gasteiger partial charge in [-0.05, 0) is 28.1 Å². The summed E-state index contributed by atoms with van der Waals surface area (Å²) in [6, 6.07) is 8.28. The Morgan fingerprint density at radius 2 is 2.10 bits per heavy atom. The Morgan fingerprint density at radius 1 is 1.29 bits per heavy atom. The second-order valence-electron chi connectivity index (χ2n) is 5.61. The maximum atomic E-state index is 4.74. The molecule has 0 bridgehead atoms. The predicted molar refractivity (Wildman–Crippen MR) is 86.3 cm³/mol. The number of para-hydroxylation sites is 2. The summed E-state index contributed by atoms with van der Waals surface area (Å²) in [5, 5.41) is 4.32. The van der Waals surface area contributed by atoms with E-state index in [4.69, 9.17) is 4.98 Å². The van der Waals surface area contributed by atoms with Crippen LogP contribution in [0.1, 0.15) is 0 Å². The Bertz CT molecular complexity index is 784. The highest BCUT2D eigenvalue weighted by atomic mass is 79.9. The first-order valence-electron chi connectivity index (χ1n) is 7.05. The summed E-state index contributed by atoms with van der Waals surface area (Å²) in [6.45, 7) is 3.04. The van der Waals surface area contributed by atoms with Crippen molar-refractivity contribution < 1.29 is 0 Å². The molecule has 0 aliphatic carbocycles. The van der Waals surface area contributed by atoms with Gasteiger partial charge in [-0.2, -0.15) is 5.10 Å². The molecule has 21 heavy (non-hydrogen) atoms. The van der Waals surface area contributed by atoms with Crippen molar-refractivity contribution in [3.63, 3.8) is 0 Å². The second-order valence-corrected chi connectivity index (χ2v) is 6.53. The quantitative estimate of drug-likeness (QED) is 0.732. The van der Waals surface area contributed by atoms with Gasteiger partial charge in [0, 0.05) is 38.8 Å². The summed E-state index contributed by atoms with van der Waals surface area (Å²) in [5.41, 5.74) is 2.25. The number of aromatic nitrogens is 4. The lowest BCUT2D eigenvalue weighted by molar-refractivity contribution is 0.336. The van der Waals surface area contributed by atoms with E-state index in [1.807, 2.05) is 23.1 Å². The number of hydrogen-bond donors (Lipinski definition) is 0. The van der Waals surface area contributed by atoms with Crippen LogP contribution < -0.4 is 4.90 Å². The summed E-state index contributed by atoms with van der Waals surface area (Å²) in [5.74, 6) is 1.70. The van der Waals surface area contributed by atoms with Gasteiger partial charge in [0.15, 0.2) is 0 Å². The molecular formula is C15H16BrN5. The van der Waals surface area contributed by atoms with Crippen molar-refractivity contribution in [2.75, 3.05) is 18.0 Å². The van der Waals surface area contributed by atoms with Gasteiger partial charge < -0.3 is 9.47 Å². The molecule has 4 rings (SSSR count). The van der Waals surface area contributed by atoms with Crippen molar-refractivity contribution >= 4 is 32.9 Å². The molecule has 5 nitrogen and oxygen atoms in total. The zero-order valence-corrected chi connectivity index (χ0v) is 13.4. The molecule has 1 aliphatic rings. The predicted octanol–water partition coefficient (Wildman–Crippen LogP) is 2.67. The number of hydrogen-bond acceptors (Lipinski definition) is 3. The molecule has 1 saturated heterocycles. The number of anilines is 1. The minimum atomic E-state index is 0.636. The van der Waals surface area contributed by atoms with Gasteiger partial charge in [0.25, 0.3) is 0 Å². The number of halogens is 1. The highest BCUT2D eigenvalue weighted by molar-refractivity contribution is 9.10. The summed E-state index contributed by atoms with van der Waals surface area (Å²) in [7, 11) is 2.09. The SMILES string of the molecule is Cn1c(N2CC(Cn3cc(Br)cn3)C2)nc2ccccc21. The van der Waals surface area contributed by atoms with E-state index in [0.717, 1.165) is 35.6 Å². The largest absolute Gasteiger partial charge is 0.341 e. The Morgan fingerprint density at radius 3 is 2.81 bits per heavy atom. The third-order valence-corrected chi connectivity index (χ3v) is 4.46. The molecule has 0 unspecified atom stereocenters. The first kappa shape index (κ1) is 12.9. The zero-order chi connectivity index (χ0) is 14.4. The van der Waals surface area contributed by atoms with Gasteiger partial charge in [-0.25, -0.2) is 4.98 Å². The van der Waals surface area contributed by atoms with Crippen LogP contribution in [0.5, 0.6) is 0 Å². The highest BCUT2D eigenvalue weighted by Gasteiger charge is 2.30. The van der Waals surface area contributed by atoms with Crippen LogP contribution in [0.4, 0.5) is 5.95 Å². The average molecular weight is 346 g/mol. The monoisotopic (exact) mass is 345 g/mol. The first-order chi connectivity index (χ1) is 10.2. The Hall–Kier alpha value is -1.82. The molecule has 0 N–H and O–H groups in total. The van der Waals surface area contributed by atoms with E-state index < -0.39 is 0 Å². The molecule has 0 amide bonds. The van der Waals surface area contributed by atoms with Crippen molar-refractivity contribution in [1.29, 1.82) is 0 Å². The molecule has 1 aromatic carbocycles. The molecule has 1 aliphatic heterocycles. The van der Waals surface area contributed by atoms with E-state index in [1.165, 1.54) is 5.52 Å². The molecule has 1 fully saturated rings. The fourth-order valence-corrected chi connectivity index (χ4v) is 3.29. The van der Waals surface area contributed by atoms with E-state index in [2.05, 4.69) is 55.7 Å². The van der Waals surface area contributed by atoms with Gasteiger partial charge >= 0.3 is 0 Å². The third kappa shape index (κ3) is 2.23. The van der Waals surface area contributed by atoms with Gasteiger partial charge in [0.1, 0.15) is 0 Å². The number of nitrogens with zero attached hydrogens (tertiary/aromatic N) is 5. The van der Waals surface area contributed by atoms with Crippen LogP contribution >= 0.6 is 15.9 Å².